The van der Waals surface area contributed by atoms with Gasteiger partial charge in [-0.15, -0.1) is 0 Å². The first-order chi connectivity index (χ1) is 16.5. The number of rotatable bonds is 9. The van der Waals surface area contributed by atoms with Gasteiger partial charge in [0.2, 0.25) is 5.91 Å². The van der Waals surface area contributed by atoms with Gasteiger partial charge in [-0.05, 0) is 56.0 Å². The van der Waals surface area contributed by atoms with Crippen LogP contribution in [0.25, 0.3) is 0 Å². The topological polar surface area (TPSA) is 122 Å². The van der Waals surface area contributed by atoms with Crippen LogP contribution in [0, 0.1) is 0 Å². The molecule has 180 valence electrons. The van der Waals surface area contributed by atoms with Crippen LogP contribution in [0.4, 0.5) is 11.5 Å². The van der Waals surface area contributed by atoms with Crippen molar-refractivity contribution in [1.82, 2.24) is 10.3 Å². The Morgan fingerprint density at radius 1 is 1.09 bits per heavy atom. The van der Waals surface area contributed by atoms with Crippen molar-refractivity contribution in [2.45, 2.75) is 45.4 Å². The molecule has 0 saturated carbocycles. The molecule has 0 aliphatic carbocycles. The number of amides is 2. The normalized spacial score (nSPS) is 13.3. The molecule has 9 heteroatoms. The summed E-state index contributed by atoms with van der Waals surface area (Å²) in [6.07, 6.45) is 6.40. The third kappa shape index (κ3) is 7.99. The molecular formula is C25H31N5O4. The monoisotopic (exact) mass is 465 g/mol. The SMILES string of the molecule is CCOC(=O)CCc1cccnc1NC(=O)CNC(=O)c1cccc(NC2=NCCCCC2)c1. The summed E-state index contributed by atoms with van der Waals surface area (Å²) in [5.41, 5.74) is 1.95. The zero-order valence-electron chi connectivity index (χ0n) is 19.4. The number of hydrogen-bond acceptors (Lipinski definition) is 7. The summed E-state index contributed by atoms with van der Waals surface area (Å²) in [4.78, 5) is 45.4. The Hall–Kier alpha value is -3.75. The molecule has 2 amide bonds. The largest absolute Gasteiger partial charge is 0.466 e. The lowest BCUT2D eigenvalue weighted by atomic mass is 10.1. The Labute approximate surface area is 199 Å². The predicted molar refractivity (Wildman–Crippen MR) is 131 cm³/mol. The number of anilines is 2. The van der Waals surface area contributed by atoms with Crippen molar-refractivity contribution in [3.8, 4) is 0 Å². The second-order valence-electron chi connectivity index (χ2n) is 7.89. The smallest absolute Gasteiger partial charge is 0.306 e. The molecule has 0 bridgehead atoms. The van der Waals surface area contributed by atoms with E-state index in [0.717, 1.165) is 42.9 Å². The molecule has 34 heavy (non-hydrogen) atoms. The maximum atomic E-state index is 12.6. The van der Waals surface area contributed by atoms with E-state index in [1.54, 1.807) is 43.5 Å². The van der Waals surface area contributed by atoms with Gasteiger partial charge in [-0.3, -0.25) is 19.4 Å². The van der Waals surface area contributed by atoms with Crippen LogP contribution in [0.3, 0.4) is 0 Å². The van der Waals surface area contributed by atoms with Crippen LogP contribution in [0.5, 0.6) is 0 Å². The minimum Gasteiger partial charge on any atom is -0.466 e. The number of aryl methyl sites for hydroxylation is 1. The van der Waals surface area contributed by atoms with Gasteiger partial charge in [0.05, 0.1) is 13.2 Å². The van der Waals surface area contributed by atoms with Gasteiger partial charge in [0.1, 0.15) is 11.7 Å². The van der Waals surface area contributed by atoms with Crippen molar-refractivity contribution in [2.75, 3.05) is 30.3 Å². The molecule has 0 atom stereocenters. The number of hydrogen-bond donors (Lipinski definition) is 3. The van der Waals surface area contributed by atoms with E-state index in [-0.39, 0.29) is 24.8 Å². The molecule has 9 nitrogen and oxygen atoms in total. The van der Waals surface area contributed by atoms with Crippen molar-refractivity contribution in [1.29, 1.82) is 0 Å². The van der Waals surface area contributed by atoms with Crippen LogP contribution in [-0.4, -0.2) is 48.3 Å². The molecule has 0 unspecified atom stereocenters. The number of aliphatic imine (C=N–C) groups is 1. The summed E-state index contributed by atoms with van der Waals surface area (Å²) in [5, 5.41) is 8.63. The lowest BCUT2D eigenvalue weighted by molar-refractivity contribution is -0.143. The van der Waals surface area contributed by atoms with E-state index < -0.39 is 5.91 Å². The lowest BCUT2D eigenvalue weighted by Crippen LogP contribution is -2.33. The van der Waals surface area contributed by atoms with Crippen LogP contribution < -0.4 is 16.0 Å². The highest BCUT2D eigenvalue weighted by atomic mass is 16.5. The maximum Gasteiger partial charge on any atom is 0.306 e. The van der Waals surface area contributed by atoms with Crippen LogP contribution >= 0.6 is 0 Å². The molecule has 1 aromatic carbocycles. The Morgan fingerprint density at radius 3 is 2.82 bits per heavy atom. The first kappa shape index (κ1) is 24.9. The molecule has 2 aromatic rings. The van der Waals surface area contributed by atoms with Gasteiger partial charge >= 0.3 is 5.97 Å². The van der Waals surface area contributed by atoms with E-state index in [9.17, 15) is 14.4 Å². The molecular weight excluding hydrogens is 434 g/mol. The average molecular weight is 466 g/mol. The first-order valence-corrected chi connectivity index (χ1v) is 11.6. The summed E-state index contributed by atoms with van der Waals surface area (Å²) < 4.78 is 4.94. The molecule has 0 fully saturated rings. The highest BCUT2D eigenvalue weighted by Crippen LogP contribution is 2.15. The highest BCUT2D eigenvalue weighted by molar-refractivity contribution is 6.01. The van der Waals surface area contributed by atoms with E-state index in [0.29, 0.717) is 24.4 Å². The second kappa shape index (κ2) is 13.1. The minimum absolute atomic E-state index is 0.190. The molecule has 0 radical (unpaired) electrons. The molecule has 0 spiro atoms. The van der Waals surface area contributed by atoms with Gasteiger partial charge in [-0.2, -0.15) is 0 Å². The third-order valence-electron chi connectivity index (χ3n) is 5.25. The van der Waals surface area contributed by atoms with Gasteiger partial charge in [0, 0.05) is 36.8 Å². The molecule has 3 N–H and O–H groups in total. The van der Waals surface area contributed by atoms with E-state index in [4.69, 9.17) is 4.74 Å². The Bertz CT molecular complexity index is 1040. The summed E-state index contributed by atoms with van der Waals surface area (Å²) in [6, 6.07) is 10.6. The molecule has 1 aromatic heterocycles. The van der Waals surface area contributed by atoms with Crippen molar-refractivity contribution in [3.63, 3.8) is 0 Å². The number of benzene rings is 1. The predicted octanol–water partition coefficient (Wildman–Crippen LogP) is 3.33. The first-order valence-electron chi connectivity index (χ1n) is 11.6. The number of esters is 1. The number of carbonyl (C=O) groups is 3. The van der Waals surface area contributed by atoms with E-state index in [1.807, 2.05) is 6.07 Å². The van der Waals surface area contributed by atoms with Crippen LogP contribution in [0.2, 0.25) is 0 Å². The van der Waals surface area contributed by atoms with Gasteiger partial charge in [-0.1, -0.05) is 18.6 Å². The number of nitrogens with zero attached hydrogens (tertiary/aromatic N) is 2. The zero-order valence-corrected chi connectivity index (χ0v) is 19.4. The summed E-state index contributed by atoms with van der Waals surface area (Å²) in [5.74, 6) is 0.223. The van der Waals surface area contributed by atoms with Gasteiger partial charge in [0.15, 0.2) is 0 Å². The Kier molecular flexibility index (Phi) is 9.57. The fraction of sp³-hybridized carbons (Fsp3) is 0.400. The second-order valence-corrected chi connectivity index (χ2v) is 7.89. The molecule has 1 aliphatic rings. The summed E-state index contributed by atoms with van der Waals surface area (Å²) in [7, 11) is 0. The van der Waals surface area contributed by atoms with E-state index >= 15 is 0 Å². The van der Waals surface area contributed by atoms with Crippen LogP contribution in [0.1, 0.15) is 54.9 Å². The van der Waals surface area contributed by atoms with Crippen LogP contribution in [-0.2, 0) is 20.7 Å². The average Bonchev–Trinajstić information content (AvgIpc) is 3.11. The minimum atomic E-state index is -0.411. The molecule has 1 aliphatic heterocycles. The van der Waals surface area contributed by atoms with E-state index in [2.05, 4.69) is 25.9 Å². The van der Waals surface area contributed by atoms with Crippen molar-refractivity contribution < 1.29 is 19.1 Å². The quantitative estimate of drug-likeness (QED) is 0.489. The number of carbonyl (C=O) groups excluding carboxylic acids is 3. The number of pyridine rings is 1. The van der Waals surface area contributed by atoms with Gasteiger partial charge in [-0.25, -0.2) is 4.98 Å². The maximum absolute atomic E-state index is 12.6. The fourth-order valence-corrected chi connectivity index (χ4v) is 3.54. The fourth-order valence-electron chi connectivity index (χ4n) is 3.54. The summed E-state index contributed by atoms with van der Waals surface area (Å²) >= 11 is 0. The van der Waals surface area contributed by atoms with Crippen LogP contribution in [0.15, 0.2) is 47.6 Å². The standard InChI is InChI=1S/C25H31N5O4/c1-2-34-23(32)13-12-18-9-7-15-27-24(18)30-22(31)17-28-25(33)19-8-6-10-20(16-19)29-21-11-4-3-5-14-26-21/h6-10,15-16H,2-5,11-14,17H2,1H3,(H,26,29)(H,28,33)(H,27,30,31). The van der Waals surface area contributed by atoms with Gasteiger partial charge < -0.3 is 20.7 Å². The lowest BCUT2D eigenvalue weighted by Gasteiger charge is -2.11. The van der Waals surface area contributed by atoms with Crippen molar-refractivity contribution in [2.24, 2.45) is 4.99 Å². The third-order valence-corrected chi connectivity index (χ3v) is 5.25. The Morgan fingerprint density at radius 2 is 1.97 bits per heavy atom. The number of ether oxygens (including phenoxy) is 1. The number of nitrogens with one attached hydrogen (secondary N) is 3. The summed E-state index contributed by atoms with van der Waals surface area (Å²) in [6.45, 7) is 2.68. The molecule has 2 heterocycles. The Balaban J connectivity index is 1.52. The number of amidine groups is 1. The number of aromatic nitrogens is 1. The van der Waals surface area contributed by atoms with Crippen molar-refractivity contribution >= 4 is 35.1 Å². The zero-order chi connectivity index (χ0) is 24.2. The van der Waals surface area contributed by atoms with Gasteiger partial charge in [0.25, 0.3) is 5.91 Å². The molecule has 3 rings (SSSR count). The highest BCUT2D eigenvalue weighted by Gasteiger charge is 2.13. The molecule has 0 saturated heterocycles. The van der Waals surface area contributed by atoms with E-state index in [1.165, 1.54) is 6.42 Å². The van der Waals surface area contributed by atoms with Crippen molar-refractivity contribution in [3.05, 3.63) is 53.7 Å².